The minimum atomic E-state index is -3.83. The first-order valence-corrected chi connectivity index (χ1v) is 6.19. The Morgan fingerprint density at radius 1 is 0.818 bits per heavy atom. The number of hydrogen-bond acceptors (Lipinski definition) is 4. The third-order valence-electron chi connectivity index (χ3n) is 0. The first-order chi connectivity index (χ1) is 4.00. The van der Waals surface area contributed by atoms with Gasteiger partial charge in [0.15, 0.2) is 0 Å². The Morgan fingerprint density at radius 3 is 0.818 bits per heavy atom. The summed E-state index contributed by atoms with van der Waals surface area (Å²) in [5.41, 5.74) is 0. The molecule has 0 radical (unpaired) electrons. The van der Waals surface area contributed by atoms with Crippen LogP contribution >= 0.6 is 0 Å². The molecule has 0 aromatic heterocycles. The summed E-state index contributed by atoms with van der Waals surface area (Å²) in [6.07, 6.45) is 0. The van der Waals surface area contributed by atoms with Gasteiger partial charge in [0.2, 0.25) is 0 Å². The van der Waals surface area contributed by atoms with Crippen LogP contribution in [0.5, 0.6) is 0 Å². The Kier molecular flexibility index (Phi) is 13.1. The van der Waals surface area contributed by atoms with Gasteiger partial charge in [0.05, 0.1) is 0 Å². The van der Waals surface area contributed by atoms with Crippen LogP contribution in [0.2, 0.25) is 0 Å². The van der Waals surface area contributed by atoms with E-state index in [2.05, 4.69) is 22.4 Å². The van der Waals surface area contributed by atoms with Gasteiger partial charge < -0.3 is 0 Å². The SMILES string of the molecule is O=S(O)(O)=S.O=S(O)(O)=S.[KH]. The molecular weight excluding hydrogens is 263 g/mol. The summed E-state index contributed by atoms with van der Waals surface area (Å²) in [7, 11) is -7.67. The van der Waals surface area contributed by atoms with Crippen molar-refractivity contribution in [3.8, 4) is 0 Å². The zero-order chi connectivity index (χ0) is 9.00. The van der Waals surface area contributed by atoms with Crippen molar-refractivity contribution in [2.75, 3.05) is 0 Å². The van der Waals surface area contributed by atoms with Crippen LogP contribution in [0.1, 0.15) is 0 Å². The average Bonchev–Trinajstić information content (AvgIpc) is 1.12. The van der Waals surface area contributed by atoms with Gasteiger partial charge in [0, 0.05) is 22.4 Å². The van der Waals surface area contributed by atoms with E-state index in [-0.39, 0.29) is 51.4 Å². The molecule has 0 bridgehead atoms. The van der Waals surface area contributed by atoms with Gasteiger partial charge in [-0.15, -0.1) is 0 Å². The van der Waals surface area contributed by atoms with Crippen molar-refractivity contribution in [2.45, 2.75) is 0 Å². The van der Waals surface area contributed by atoms with Crippen molar-refractivity contribution in [3.63, 3.8) is 0 Å². The van der Waals surface area contributed by atoms with E-state index in [9.17, 15) is 0 Å². The van der Waals surface area contributed by atoms with Gasteiger partial charge in [-0.05, 0) is 0 Å². The molecule has 0 aromatic rings. The Labute approximate surface area is 116 Å². The van der Waals surface area contributed by atoms with E-state index in [1.165, 1.54) is 0 Å². The van der Waals surface area contributed by atoms with E-state index in [0.717, 1.165) is 0 Å². The summed E-state index contributed by atoms with van der Waals surface area (Å²) in [5.74, 6) is 0. The average molecular weight is 268 g/mol. The molecule has 4 N–H and O–H groups in total. The van der Waals surface area contributed by atoms with Crippen LogP contribution < -0.4 is 0 Å². The van der Waals surface area contributed by atoms with Gasteiger partial charge >= 0.3 is 51.4 Å². The first kappa shape index (κ1) is 18.9. The van der Waals surface area contributed by atoms with E-state index < -0.39 is 18.1 Å². The van der Waals surface area contributed by atoms with Crippen LogP contribution in [0.15, 0.2) is 0 Å². The minimum absolute atomic E-state index is 0. The van der Waals surface area contributed by atoms with Crippen LogP contribution in [-0.4, -0.2) is 78.0 Å². The molecule has 6 nitrogen and oxygen atoms in total. The molecule has 0 aromatic carbocycles. The number of rotatable bonds is 0. The molecule has 11 heteroatoms. The maximum atomic E-state index is 9.11. The summed E-state index contributed by atoms with van der Waals surface area (Å²) < 4.78 is 47.9. The Balaban J connectivity index is -0.000000107. The standard InChI is InChI=1S/K.2H2O3S2.H/c;2*1-5(2,3)4;/h;2*(H2,1,2,3,4);. The monoisotopic (exact) mass is 268 g/mol. The second kappa shape index (κ2) is 7.60. The second-order valence-electron chi connectivity index (χ2n) is 0.896. The molecule has 0 saturated heterocycles. The van der Waals surface area contributed by atoms with Gasteiger partial charge in [-0.2, -0.15) is 8.42 Å². The van der Waals surface area contributed by atoms with E-state index >= 15 is 0 Å². The van der Waals surface area contributed by atoms with Gasteiger partial charge in [0.1, 0.15) is 0 Å². The van der Waals surface area contributed by atoms with Crippen LogP contribution in [0.4, 0.5) is 0 Å². The van der Waals surface area contributed by atoms with Crippen LogP contribution in [0, 0.1) is 0 Å². The zero-order valence-electron chi connectivity index (χ0n) is 4.24. The van der Waals surface area contributed by atoms with Gasteiger partial charge in [-0.1, -0.05) is 0 Å². The van der Waals surface area contributed by atoms with Crippen molar-refractivity contribution >= 4 is 91.9 Å². The molecule has 0 amide bonds. The fraction of sp³-hybridized carbons (Fsp3) is 0. The van der Waals surface area contributed by atoms with Crippen LogP contribution in [-0.2, 0) is 40.5 Å². The van der Waals surface area contributed by atoms with Crippen molar-refractivity contribution in [1.29, 1.82) is 0 Å². The Hall–Kier alpha value is 2.22. The van der Waals surface area contributed by atoms with Crippen LogP contribution in [0.3, 0.4) is 0 Å². The molecule has 0 heterocycles. The van der Waals surface area contributed by atoms with E-state index in [1.54, 1.807) is 0 Å². The van der Waals surface area contributed by atoms with Crippen molar-refractivity contribution in [1.82, 2.24) is 0 Å². The summed E-state index contributed by atoms with van der Waals surface area (Å²) in [6.45, 7) is 0. The molecule has 0 unspecified atom stereocenters. The topological polar surface area (TPSA) is 115 Å². The predicted octanol–water partition coefficient (Wildman–Crippen LogP) is -1.29. The van der Waals surface area contributed by atoms with E-state index in [4.69, 9.17) is 26.6 Å². The van der Waals surface area contributed by atoms with Gasteiger partial charge in [-0.25, -0.2) is 0 Å². The molecule has 0 fully saturated rings. The molecule has 0 rings (SSSR count). The van der Waals surface area contributed by atoms with Crippen molar-refractivity contribution in [2.24, 2.45) is 0 Å². The molecule has 11 heavy (non-hydrogen) atoms. The predicted molar refractivity (Wildman–Crippen MR) is 48.7 cm³/mol. The van der Waals surface area contributed by atoms with Crippen molar-refractivity contribution in [3.05, 3.63) is 0 Å². The Bertz CT molecular complexity index is 211. The Morgan fingerprint density at radius 2 is 0.818 bits per heavy atom. The van der Waals surface area contributed by atoms with Gasteiger partial charge in [0.25, 0.3) is 18.1 Å². The quantitative estimate of drug-likeness (QED) is 0.401. The first-order valence-electron chi connectivity index (χ1n) is 1.40. The van der Waals surface area contributed by atoms with Crippen LogP contribution in [0.25, 0.3) is 0 Å². The fourth-order valence-corrected chi connectivity index (χ4v) is 0. The normalized spacial score (nSPS) is 10.5. The summed E-state index contributed by atoms with van der Waals surface area (Å²) in [6, 6.07) is 0. The third-order valence-corrected chi connectivity index (χ3v) is 0. The van der Waals surface area contributed by atoms with Gasteiger partial charge in [-0.3, -0.25) is 18.2 Å². The van der Waals surface area contributed by atoms with E-state index in [0.29, 0.717) is 0 Å². The molecule has 66 valence electrons. The molecule has 0 aliphatic heterocycles. The van der Waals surface area contributed by atoms with E-state index in [1.807, 2.05) is 0 Å². The number of hydrogen-bond donors (Lipinski definition) is 4. The molecular formula is H5KO6S4. The van der Waals surface area contributed by atoms with Crippen molar-refractivity contribution < 1.29 is 26.6 Å². The molecule has 0 atom stereocenters. The maximum absolute atomic E-state index is 9.11. The summed E-state index contributed by atoms with van der Waals surface area (Å²) in [5, 5.41) is 0. The summed E-state index contributed by atoms with van der Waals surface area (Å²) in [4.78, 5) is 0. The molecule has 0 aliphatic carbocycles. The zero-order valence-corrected chi connectivity index (χ0v) is 7.50. The molecule has 0 spiro atoms. The third kappa shape index (κ3) is 260. The fourth-order valence-electron chi connectivity index (χ4n) is 0. The summed E-state index contributed by atoms with van der Waals surface area (Å²) >= 11 is 6.93. The molecule has 0 aliphatic rings. The second-order valence-corrected chi connectivity index (χ2v) is 5.29. The molecule has 0 saturated carbocycles.